The van der Waals surface area contributed by atoms with Gasteiger partial charge in [-0.05, 0) is 31.2 Å². The molecule has 23 heavy (non-hydrogen) atoms. The lowest BCUT2D eigenvalue weighted by molar-refractivity contribution is 1.12. The molecule has 4 rings (SSSR count). The van der Waals surface area contributed by atoms with Gasteiger partial charge in [-0.2, -0.15) is 0 Å². The SMILES string of the molecule is C=Cc1nc(C)c2[nH]ccc2n1.C=Cc1ncc2[nH]ccc2n1.[HH].[HH]. The smallest absolute Gasteiger partial charge is 0.152 e. The van der Waals surface area contributed by atoms with Crippen LogP contribution >= 0.6 is 0 Å². The summed E-state index contributed by atoms with van der Waals surface area (Å²) in [5, 5.41) is 0. The predicted molar refractivity (Wildman–Crippen MR) is 96.9 cm³/mol. The first-order chi connectivity index (χ1) is 11.2. The molecule has 0 spiro atoms. The Hall–Kier alpha value is -3.28. The topological polar surface area (TPSA) is 83.1 Å². The van der Waals surface area contributed by atoms with Crippen molar-refractivity contribution in [3.63, 3.8) is 0 Å². The van der Waals surface area contributed by atoms with Crippen LogP contribution in [0.25, 0.3) is 34.2 Å². The summed E-state index contributed by atoms with van der Waals surface area (Å²) in [5.41, 5.74) is 4.78. The van der Waals surface area contributed by atoms with Crippen LogP contribution in [0.2, 0.25) is 0 Å². The normalized spacial score (nSPS) is 10.3. The Kier molecular flexibility index (Phi) is 3.97. The molecule has 0 fully saturated rings. The molecule has 0 aliphatic carbocycles. The maximum atomic E-state index is 4.25. The second kappa shape index (κ2) is 6.23. The third-order valence-corrected chi connectivity index (χ3v) is 3.29. The number of H-pyrrole nitrogens is 2. The zero-order chi connectivity index (χ0) is 16.2. The van der Waals surface area contributed by atoms with Crippen LogP contribution in [0.4, 0.5) is 0 Å². The van der Waals surface area contributed by atoms with E-state index in [4.69, 9.17) is 0 Å². The predicted octanol–water partition coefficient (Wildman–Crippen LogP) is 4.00. The number of hydrogen-bond acceptors (Lipinski definition) is 4. The highest BCUT2D eigenvalue weighted by atomic mass is 14.9. The molecule has 0 aliphatic rings. The van der Waals surface area contributed by atoms with E-state index in [9.17, 15) is 0 Å². The summed E-state index contributed by atoms with van der Waals surface area (Å²) in [6.07, 6.45) is 8.73. The molecule has 6 heteroatoms. The summed E-state index contributed by atoms with van der Waals surface area (Å²) >= 11 is 0. The monoisotopic (exact) mass is 308 g/mol. The van der Waals surface area contributed by atoms with Crippen molar-refractivity contribution < 1.29 is 2.85 Å². The highest BCUT2D eigenvalue weighted by molar-refractivity contribution is 5.77. The fraction of sp³-hybridized carbons (Fsp3) is 0.0588. The summed E-state index contributed by atoms with van der Waals surface area (Å²) < 4.78 is 0. The maximum Gasteiger partial charge on any atom is 0.152 e. The Morgan fingerprint density at radius 1 is 0.957 bits per heavy atom. The largest absolute Gasteiger partial charge is 0.359 e. The number of aromatic nitrogens is 6. The zero-order valence-electron chi connectivity index (χ0n) is 12.7. The summed E-state index contributed by atoms with van der Waals surface area (Å²) in [4.78, 5) is 22.8. The van der Waals surface area contributed by atoms with Gasteiger partial charge in [-0.1, -0.05) is 13.2 Å². The third-order valence-electron chi connectivity index (χ3n) is 3.29. The van der Waals surface area contributed by atoms with E-state index in [0.717, 1.165) is 27.8 Å². The number of aromatic amines is 2. The van der Waals surface area contributed by atoms with Crippen molar-refractivity contribution in [2.24, 2.45) is 0 Å². The Morgan fingerprint density at radius 2 is 1.65 bits per heavy atom. The fourth-order valence-electron chi connectivity index (χ4n) is 2.17. The van der Waals surface area contributed by atoms with Crippen molar-refractivity contribution in [3.05, 3.63) is 61.2 Å². The standard InChI is InChI=1S/C9H9N3.C8H7N3.2H2/c1-3-8-11-6(2)9-7(12-8)4-5-10-9;1-2-8-10-5-7-6(11-8)3-4-9-7;;/h3-5,10H,1H2,2H3;2-5,9H,1H2;2*1H. The van der Waals surface area contributed by atoms with Crippen LogP contribution < -0.4 is 0 Å². The molecule has 4 aromatic heterocycles. The quantitative estimate of drug-likeness (QED) is 0.586. The van der Waals surface area contributed by atoms with Crippen molar-refractivity contribution >= 4 is 34.2 Å². The molecule has 0 saturated heterocycles. The van der Waals surface area contributed by atoms with Crippen LogP contribution in [0.1, 0.15) is 20.2 Å². The van der Waals surface area contributed by atoms with E-state index in [2.05, 4.69) is 43.1 Å². The maximum absolute atomic E-state index is 4.25. The van der Waals surface area contributed by atoms with Crippen molar-refractivity contribution in [2.45, 2.75) is 6.92 Å². The van der Waals surface area contributed by atoms with Gasteiger partial charge in [0.05, 0.1) is 34.0 Å². The van der Waals surface area contributed by atoms with Crippen LogP contribution in [0.3, 0.4) is 0 Å². The van der Waals surface area contributed by atoms with E-state index in [1.165, 1.54) is 0 Å². The van der Waals surface area contributed by atoms with Crippen molar-refractivity contribution in [2.75, 3.05) is 0 Å². The van der Waals surface area contributed by atoms with Gasteiger partial charge in [0, 0.05) is 15.2 Å². The van der Waals surface area contributed by atoms with E-state index in [0.29, 0.717) is 11.6 Å². The molecule has 4 heterocycles. The molecule has 2 N–H and O–H groups in total. The average molecular weight is 308 g/mol. The minimum atomic E-state index is 0. The van der Waals surface area contributed by atoms with Gasteiger partial charge in [0.1, 0.15) is 0 Å². The molecular formula is C17H20N6. The molecule has 4 aromatic rings. The Bertz CT molecular complexity index is 989. The lowest BCUT2D eigenvalue weighted by Crippen LogP contribution is -1.91. The van der Waals surface area contributed by atoms with Crippen LogP contribution in [0.15, 0.2) is 43.9 Å². The molecule has 0 aromatic carbocycles. The Labute approximate surface area is 136 Å². The van der Waals surface area contributed by atoms with Gasteiger partial charge in [0.2, 0.25) is 0 Å². The highest BCUT2D eigenvalue weighted by Crippen LogP contribution is 2.12. The number of rotatable bonds is 2. The van der Waals surface area contributed by atoms with Gasteiger partial charge >= 0.3 is 0 Å². The number of hydrogen-bond donors (Lipinski definition) is 2. The Morgan fingerprint density at radius 3 is 2.43 bits per heavy atom. The summed E-state index contributed by atoms with van der Waals surface area (Å²) in [6, 6.07) is 3.83. The van der Waals surface area contributed by atoms with E-state index >= 15 is 0 Å². The number of fused-ring (bicyclic) bond motifs is 2. The van der Waals surface area contributed by atoms with Gasteiger partial charge in [0.25, 0.3) is 0 Å². The second-order valence-electron chi connectivity index (χ2n) is 4.82. The summed E-state index contributed by atoms with van der Waals surface area (Å²) in [7, 11) is 0. The molecule has 0 atom stereocenters. The first-order valence-electron chi connectivity index (χ1n) is 7.08. The van der Waals surface area contributed by atoms with Crippen LogP contribution in [0.5, 0.6) is 0 Å². The highest BCUT2D eigenvalue weighted by Gasteiger charge is 2.01. The van der Waals surface area contributed by atoms with E-state index < -0.39 is 0 Å². The van der Waals surface area contributed by atoms with Gasteiger partial charge < -0.3 is 9.97 Å². The van der Waals surface area contributed by atoms with Crippen LogP contribution in [0, 0.1) is 6.92 Å². The summed E-state index contributed by atoms with van der Waals surface area (Å²) in [6.45, 7) is 9.17. The molecule has 0 unspecified atom stereocenters. The zero-order valence-corrected chi connectivity index (χ0v) is 12.7. The van der Waals surface area contributed by atoms with Crippen LogP contribution in [-0.2, 0) is 0 Å². The van der Waals surface area contributed by atoms with E-state index in [1.807, 2.05) is 31.5 Å². The lowest BCUT2D eigenvalue weighted by atomic mass is 10.3. The molecule has 0 amide bonds. The van der Waals surface area contributed by atoms with Crippen LogP contribution in [-0.4, -0.2) is 29.9 Å². The lowest BCUT2D eigenvalue weighted by Gasteiger charge is -1.96. The fourth-order valence-corrected chi connectivity index (χ4v) is 2.17. The Balaban J connectivity index is 0.000000232. The van der Waals surface area contributed by atoms with E-state index in [-0.39, 0.29) is 2.85 Å². The molecule has 0 radical (unpaired) electrons. The van der Waals surface area contributed by atoms with Crippen molar-refractivity contribution in [3.8, 4) is 0 Å². The van der Waals surface area contributed by atoms with Gasteiger partial charge in [-0.3, -0.25) is 0 Å². The number of aryl methyl sites for hydroxylation is 1. The molecule has 6 nitrogen and oxygen atoms in total. The average Bonchev–Trinajstić information content (AvgIpc) is 3.23. The van der Waals surface area contributed by atoms with Gasteiger partial charge in [-0.15, -0.1) is 0 Å². The number of nitrogens with one attached hydrogen (secondary N) is 2. The molecule has 0 aliphatic heterocycles. The van der Waals surface area contributed by atoms with Crippen molar-refractivity contribution in [1.29, 1.82) is 0 Å². The molecule has 0 saturated carbocycles. The first-order valence-corrected chi connectivity index (χ1v) is 7.08. The van der Waals surface area contributed by atoms with E-state index in [1.54, 1.807) is 18.3 Å². The molecule has 118 valence electrons. The second-order valence-corrected chi connectivity index (χ2v) is 4.82. The number of nitrogens with zero attached hydrogens (tertiary/aromatic N) is 4. The van der Waals surface area contributed by atoms with Crippen molar-refractivity contribution in [1.82, 2.24) is 29.9 Å². The van der Waals surface area contributed by atoms with Gasteiger partial charge in [0.15, 0.2) is 11.6 Å². The molecular weight excluding hydrogens is 288 g/mol. The summed E-state index contributed by atoms with van der Waals surface area (Å²) in [5.74, 6) is 1.34. The minimum Gasteiger partial charge on any atom is -0.359 e. The van der Waals surface area contributed by atoms with Gasteiger partial charge in [-0.25, -0.2) is 19.9 Å². The first kappa shape index (κ1) is 14.6. The molecule has 0 bridgehead atoms. The minimum absolute atomic E-state index is 0. The third kappa shape index (κ3) is 3.01.